The number of thiophene rings is 1. The Morgan fingerprint density at radius 2 is 1.84 bits per heavy atom. The maximum atomic E-state index is 11.4. The van der Waals surface area contributed by atoms with Gasteiger partial charge >= 0.3 is 0 Å². The highest BCUT2D eigenvalue weighted by atomic mass is 32.1. The van der Waals surface area contributed by atoms with Gasteiger partial charge in [-0.05, 0) is 36.8 Å². The van der Waals surface area contributed by atoms with Crippen molar-refractivity contribution in [3.05, 3.63) is 56.6 Å². The van der Waals surface area contributed by atoms with Gasteiger partial charge in [0.1, 0.15) is 0 Å². The average molecular weight is 271 g/mol. The van der Waals surface area contributed by atoms with Crippen molar-refractivity contribution >= 4 is 11.3 Å². The van der Waals surface area contributed by atoms with Crippen LogP contribution in [0.15, 0.2) is 40.1 Å². The first kappa shape index (κ1) is 11.8. The molecule has 1 aromatic carbocycles. The lowest BCUT2D eigenvalue weighted by molar-refractivity contribution is 0.466. The van der Waals surface area contributed by atoms with Crippen LogP contribution in [0.1, 0.15) is 5.69 Å². The molecule has 0 fully saturated rings. The molecule has 0 amide bonds. The fourth-order valence-corrected chi connectivity index (χ4v) is 2.98. The summed E-state index contributed by atoms with van der Waals surface area (Å²) in [5.74, 6) is -0.427. The second-order valence-corrected chi connectivity index (χ2v) is 5.32. The molecule has 0 spiro atoms. The van der Waals surface area contributed by atoms with Crippen molar-refractivity contribution in [3.63, 3.8) is 0 Å². The zero-order chi connectivity index (χ0) is 13.6. The Balaban J connectivity index is 2.06. The molecule has 2 heterocycles. The molecule has 0 atom stereocenters. The quantitative estimate of drug-likeness (QED) is 0.725. The maximum absolute atomic E-state index is 11.4. The summed E-state index contributed by atoms with van der Waals surface area (Å²) in [6.45, 7) is 1.90. The number of aryl methyl sites for hydroxylation is 1. The minimum absolute atomic E-state index is 0.132. The zero-order valence-electron chi connectivity index (χ0n) is 10.0. The molecular weight excluding hydrogens is 262 g/mol. The Morgan fingerprint density at radius 3 is 2.53 bits per heavy atom. The summed E-state index contributed by atoms with van der Waals surface area (Å²) in [6, 6.07) is 7.43. The summed E-state index contributed by atoms with van der Waals surface area (Å²) in [4.78, 5) is 28.1. The van der Waals surface area contributed by atoms with E-state index >= 15 is 0 Å². The molecule has 0 unspecified atom stereocenters. The van der Waals surface area contributed by atoms with Gasteiger partial charge in [0.05, 0.1) is 5.56 Å². The summed E-state index contributed by atoms with van der Waals surface area (Å²) in [6.07, 6.45) is 1.72. The summed E-state index contributed by atoms with van der Waals surface area (Å²) in [5.41, 5.74) is 0.625. The average Bonchev–Trinajstić information content (AvgIpc) is 2.88. The summed E-state index contributed by atoms with van der Waals surface area (Å²) in [5, 5.41) is 9.43. The zero-order valence-corrected chi connectivity index (χ0v) is 10.8. The van der Waals surface area contributed by atoms with E-state index in [0.717, 1.165) is 16.1 Å². The highest BCUT2D eigenvalue weighted by molar-refractivity contribution is 7.18. The van der Waals surface area contributed by atoms with Gasteiger partial charge in [-0.25, -0.2) is 0 Å². The van der Waals surface area contributed by atoms with Gasteiger partial charge < -0.3 is 5.11 Å². The van der Waals surface area contributed by atoms with Gasteiger partial charge in [0.25, 0.3) is 5.43 Å². The number of aromatic hydroxyl groups is 1. The largest absolute Gasteiger partial charge is 0.503 e. The highest BCUT2D eigenvalue weighted by Gasteiger charge is 2.22. The van der Waals surface area contributed by atoms with E-state index in [-0.39, 0.29) is 5.56 Å². The van der Waals surface area contributed by atoms with Crippen LogP contribution in [0.2, 0.25) is 0 Å². The van der Waals surface area contributed by atoms with E-state index in [1.54, 1.807) is 12.3 Å². The van der Waals surface area contributed by atoms with Crippen molar-refractivity contribution in [1.82, 2.24) is 4.98 Å². The number of hydrogen-bond acceptors (Lipinski definition) is 5. The summed E-state index contributed by atoms with van der Waals surface area (Å²) < 4.78 is 0. The van der Waals surface area contributed by atoms with Crippen LogP contribution in [0.25, 0.3) is 20.9 Å². The van der Waals surface area contributed by atoms with Crippen LogP contribution in [-0.2, 0) is 0 Å². The van der Waals surface area contributed by atoms with Crippen LogP contribution >= 0.6 is 11.3 Å². The second-order valence-electron chi connectivity index (χ2n) is 4.23. The minimum Gasteiger partial charge on any atom is -0.503 e. The maximum Gasteiger partial charge on any atom is 0.268 e. The molecule has 0 aliphatic rings. The molecule has 0 saturated heterocycles. The van der Waals surface area contributed by atoms with Gasteiger partial charge in [-0.2, -0.15) is 0 Å². The van der Waals surface area contributed by atoms with Gasteiger partial charge in [-0.3, -0.25) is 14.6 Å². The van der Waals surface area contributed by atoms with E-state index in [9.17, 15) is 14.7 Å². The Morgan fingerprint density at radius 1 is 1.11 bits per heavy atom. The molecule has 1 N–H and O–H groups in total. The number of nitrogens with zero attached hydrogens (tertiary/aromatic N) is 1. The Labute approximate surface area is 112 Å². The normalized spacial score (nSPS) is 11.0. The van der Waals surface area contributed by atoms with Gasteiger partial charge in [-0.1, -0.05) is 0 Å². The number of hydrogen-bond donors (Lipinski definition) is 1. The molecule has 3 rings (SSSR count). The minimum atomic E-state index is -0.801. The van der Waals surface area contributed by atoms with Crippen molar-refractivity contribution < 1.29 is 5.11 Å². The molecule has 0 aliphatic heterocycles. The fourth-order valence-electron chi connectivity index (χ4n) is 1.93. The molecular formula is C14H9NO3S. The summed E-state index contributed by atoms with van der Waals surface area (Å²) in [7, 11) is 0. The third-order valence-corrected chi connectivity index (χ3v) is 4.07. The standard InChI is InChI=1S/C14H9NO3S/c1-7-6-8(4-5-15-7)9-2-3-10(19-9)11-12(16)14(18)13(11)17/h2-6,16H,1H3. The molecule has 0 saturated carbocycles. The molecule has 0 radical (unpaired) electrons. The molecule has 94 valence electrons. The van der Waals surface area contributed by atoms with Crippen LogP contribution in [0.4, 0.5) is 0 Å². The summed E-state index contributed by atoms with van der Waals surface area (Å²) >= 11 is 1.37. The van der Waals surface area contributed by atoms with Crippen LogP contribution in [0, 0.1) is 6.92 Å². The Kier molecular flexibility index (Phi) is 2.57. The lowest BCUT2D eigenvalue weighted by Crippen LogP contribution is -2.31. The van der Waals surface area contributed by atoms with Crippen LogP contribution in [0.3, 0.4) is 0 Å². The van der Waals surface area contributed by atoms with Gasteiger partial charge in [0, 0.05) is 21.6 Å². The van der Waals surface area contributed by atoms with Crippen LogP contribution in [0.5, 0.6) is 5.75 Å². The van der Waals surface area contributed by atoms with Crippen LogP contribution < -0.4 is 10.9 Å². The predicted octanol–water partition coefficient (Wildman–Crippen LogP) is 2.09. The first-order valence-corrected chi connectivity index (χ1v) is 6.45. The number of rotatable bonds is 2. The van der Waals surface area contributed by atoms with E-state index in [4.69, 9.17) is 0 Å². The molecule has 5 heteroatoms. The first-order valence-electron chi connectivity index (χ1n) is 5.63. The monoisotopic (exact) mass is 271 g/mol. The topological polar surface area (TPSA) is 67.3 Å². The smallest absolute Gasteiger partial charge is 0.268 e. The number of aromatic nitrogens is 1. The highest BCUT2D eigenvalue weighted by Crippen LogP contribution is 2.36. The second kappa shape index (κ2) is 4.13. The Hall–Kier alpha value is -2.27. The van der Waals surface area contributed by atoms with Crippen molar-refractivity contribution in [2.24, 2.45) is 0 Å². The predicted molar refractivity (Wildman–Crippen MR) is 74.3 cm³/mol. The Bertz CT molecular complexity index is 841. The van der Waals surface area contributed by atoms with E-state index in [1.165, 1.54) is 11.3 Å². The third-order valence-electron chi connectivity index (χ3n) is 2.92. The van der Waals surface area contributed by atoms with E-state index in [1.807, 2.05) is 25.1 Å². The fraction of sp³-hybridized carbons (Fsp3) is 0.0714. The molecule has 19 heavy (non-hydrogen) atoms. The van der Waals surface area contributed by atoms with Crippen LogP contribution in [-0.4, -0.2) is 10.1 Å². The molecule has 0 aliphatic carbocycles. The van der Waals surface area contributed by atoms with E-state index < -0.39 is 16.6 Å². The molecule has 2 aromatic heterocycles. The van der Waals surface area contributed by atoms with Gasteiger partial charge in [0.15, 0.2) is 5.75 Å². The van der Waals surface area contributed by atoms with E-state index in [0.29, 0.717) is 4.88 Å². The van der Waals surface area contributed by atoms with Gasteiger partial charge in [-0.15, -0.1) is 11.3 Å². The first-order chi connectivity index (χ1) is 9.08. The molecule has 3 aromatic rings. The van der Waals surface area contributed by atoms with Crippen molar-refractivity contribution in [2.45, 2.75) is 6.92 Å². The molecule has 0 bridgehead atoms. The lowest BCUT2D eigenvalue weighted by atomic mass is 10.1. The van der Waals surface area contributed by atoms with Crippen molar-refractivity contribution in [1.29, 1.82) is 0 Å². The van der Waals surface area contributed by atoms with E-state index in [2.05, 4.69) is 4.98 Å². The molecule has 4 nitrogen and oxygen atoms in total. The number of pyridine rings is 1. The third kappa shape index (κ3) is 1.79. The lowest BCUT2D eigenvalue weighted by Gasteiger charge is -2.02. The van der Waals surface area contributed by atoms with Crippen molar-refractivity contribution in [3.8, 4) is 26.6 Å². The van der Waals surface area contributed by atoms with Crippen molar-refractivity contribution in [2.75, 3.05) is 0 Å². The van der Waals surface area contributed by atoms with Gasteiger partial charge in [0.2, 0.25) is 5.43 Å². The SMILES string of the molecule is Cc1cc(-c2ccc(-c3c(O)c(=O)c3=O)s2)ccn1.